The lowest BCUT2D eigenvalue weighted by molar-refractivity contribution is 0.0961. The first-order valence-corrected chi connectivity index (χ1v) is 9.13. The second-order valence-electron chi connectivity index (χ2n) is 4.27. The predicted octanol–water partition coefficient (Wildman–Crippen LogP) is 0.346. The molecule has 1 aromatic heterocycles. The van der Waals surface area contributed by atoms with Gasteiger partial charge in [0.05, 0.1) is 5.75 Å². The number of hydrogen-bond acceptors (Lipinski definition) is 7. The number of carbonyl (C=O) groups is 1. The van der Waals surface area contributed by atoms with Crippen molar-refractivity contribution in [2.75, 3.05) is 42.3 Å². The fourth-order valence-corrected chi connectivity index (χ4v) is 3.04. The smallest absolute Gasteiger partial charge is 0.265 e. The number of anilines is 2. The molecule has 0 aliphatic carbocycles. The van der Waals surface area contributed by atoms with E-state index in [1.165, 1.54) is 11.3 Å². The van der Waals surface area contributed by atoms with Crippen LogP contribution in [0.4, 0.5) is 10.9 Å². The molecule has 0 bridgehead atoms. The van der Waals surface area contributed by atoms with E-state index in [0.29, 0.717) is 10.0 Å². The number of thiazole rings is 1. The highest BCUT2D eigenvalue weighted by Gasteiger charge is 2.18. The minimum atomic E-state index is -3.09. The number of nitrogens with two attached hydrogens (primary N) is 1. The van der Waals surface area contributed by atoms with Crippen molar-refractivity contribution in [2.24, 2.45) is 0 Å². The van der Waals surface area contributed by atoms with Crippen LogP contribution < -0.4 is 16.0 Å². The Morgan fingerprint density at radius 1 is 1.40 bits per heavy atom. The zero-order valence-electron chi connectivity index (χ0n) is 11.8. The summed E-state index contributed by atoms with van der Waals surface area (Å²) < 4.78 is 22.0. The molecule has 0 saturated carbocycles. The predicted molar refractivity (Wildman–Crippen MR) is 82.1 cm³/mol. The quantitative estimate of drug-likeness (QED) is 0.751. The van der Waals surface area contributed by atoms with Crippen molar-refractivity contribution in [3.05, 3.63) is 4.88 Å². The second-order valence-corrected chi connectivity index (χ2v) is 7.51. The van der Waals surface area contributed by atoms with Gasteiger partial charge in [0.2, 0.25) is 0 Å². The molecule has 0 aliphatic heterocycles. The van der Waals surface area contributed by atoms with Gasteiger partial charge < -0.3 is 16.0 Å². The third-order valence-corrected chi connectivity index (χ3v) is 4.72. The molecule has 3 N–H and O–H groups in total. The van der Waals surface area contributed by atoms with Crippen LogP contribution >= 0.6 is 11.3 Å². The van der Waals surface area contributed by atoms with Crippen LogP contribution in [0.2, 0.25) is 0 Å². The first-order chi connectivity index (χ1) is 9.28. The van der Waals surface area contributed by atoms with Crippen LogP contribution in [0.15, 0.2) is 0 Å². The van der Waals surface area contributed by atoms with Crippen LogP contribution in [0.5, 0.6) is 0 Å². The number of carbonyl (C=O) groups excluding carboxylic acids is 1. The van der Waals surface area contributed by atoms with Crippen LogP contribution in [-0.4, -0.2) is 51.0 Å². The lowest BCUT2D eigenvalue weighted by Crippen LogP contribution is -2.28. The molecule has 1 rings (SSSR count). The summed E-state index contributed by atoms with van der Waals surface area (Å²) >= 11 is 1.21. The van der Waals surface area contributed by atoms with Gasteiger partial charge in [0.15, 0.2) is 5.13 Å². The van der Waals surface area contributed by atoms with Crippen molar-refractivity contribution in [3.63, 3.8) is 0 Å². The molecule has 0 aromatic carbocycles. The van der Waals surface area contributed by atoms with E-state index in [4.69, 9.17) is 5.73 Å². The maximum atomic E-state index is 11.9. The van der Waals surface area contributed by atoms with E-state index < -0.39 is 9.84 Å². The van der Waals surface area contributed by atoms with Crippen LogP contribution in [0.25, 0.3) is 0 Å². The van der Waals surface area contributed by atoms with Crippen LogP contribution in [-0.2, 0) is 9.84 Å². The van der Waals surface area contributed by atoms with Crippen LogP contribution in [0.3, 0.4) is 0 Å². The van der Waals surface area contributed by atoms with Gasteiger partial charge in [-0.15, -0.1) is 0 Å². The number of hydrogen-bond donors (Lipinski definition) is 2. The number of nitrogens with zero attached hydrogens (tertiary/aromatic N) is 2. The normalized spacial score (nSPS) is 11.3. The third kappa shape index (κ3) is 4.64. The molecule has 0 fully saturated rings. The molecule has 1 heterocycles. The van der Waals surface area contributed by atoms with Crippen molar-refractivity contribution < 1.29 is 13.2 Å². The Balaban J connectivity index is 2.74. The van der Waals surface area contributed by atoms with Gasteiger partial charge >= 0.3 is 0 Å². The minimum Gasteiger partial charge on any atom is -0.382 e. The van der Waals surface area contributed by atoms with Gasteiger partial charge in [-0.2, -0.15) is 0 Å². The molecule has 20 heavy (non-hydrogen) atoms. The Kier molecular flexibility index (Phi) is 5.75. The molecule has 7 nitrogen and oxygen atoms in total. The highest BCUT2D eigenvalue weighted by molar-refractivity contribution is 7.90. The fourth-order valence-electron chi connectivity index (χ4n) is 1.54. The van der Waals surface area contributed by atoms with Gasteiger partial charge in [0, 0.05) is 25.9 Å². The van der Waals surface area contributed by atoms with E-state index in [0.717, 1.165) is 19.3 Å². The lowest BCUT2D eigenvalue weighted by atomic mass is 10.4. The molecule has 1 aromatic rings. The molecule has 0 spiro atoms. The van der Waals surface area contributed by atoms with Gasteiger partial charge in [-0.3, -0.25) is 4.79 Å². The first-order valence-electron chi connectivity index (χ1n) is 6.25. The summed E-state index contributed by atoms with van der Waals surface area (Å²) in [5.74, 6) is -0.309. The summed E-state index contributed by atoms with van der Waals surface area (Å²) in [7, 11) is -3.09. The number of rotatable bonds is 7. The summed E-state index contributed by atoms with van der Waals surface area (Å²) in [5, 5.41) is 3.23. The number of sulfone groups is 1. The average molecular weight is 320 g/mol. The molecular weight excluding hydrogens is 300 g/mol. The molecule has 9 heteroatoms. The van der Waals surface area contributed by atoms with E-state index in [1.54, 1.807) is 0 Å². The van der Waals surface area contributed by atoms with E-state index in [2.05, 4.69) is 10.3 Å². The SMILES string of the molecule is CCN(CC)c1nc(N)c(C(=O)NCCS(C)(=O)=O)s1. The van der Waals surface area contributed by atoms with Gasteiger partial charge in [-0.05, 0) is 13.8 Å². The molecule has 0 unspecified atom stereocenters. The Morgan fingerprint density at radius 2 is 2.00 bits per heavy atom. The first kappa shape index (κ1) is 16.7. The maximum absolute atomic E-state index is 11.9. The molecule has 1 amide bonds. The molecule has 0 atom stereocenters. The van der Waals surface area contributed by atoms with Gasteiger partial charge in [-0.25, -0.2) is 13.4 Å². The molecule has 0 saturated heterocycles. The van der Waals surface area contributed by atoms with Crippen molar-refractivity contribution >= 4 is 38.0 Å². The monoisotopic (exact) mass is 320 g/mol. The highest BCUT2D eigenvalue weighted by Crippen LogP contribution is 2.27. The van der Waals surface area contributed by atoms with Crippen LogP contribution in [0.1, 0.15) is 23.5 Å². The van der Waals surface area contributed by atoms with E-state index in [1.807, 2.05) is 18.7 Å². The van der Waals surface area contributed by atoms with Crippen molar-refractivity contribution in [2.45, 2.75) is 13.8 Å². The van der Waals surface area contributed by atoms with Gasteiger partial charge in [-0.1, -0.05) is 11.3 Å². The third-order valence-electron chi connectivity index (χ3n) is 2.64. The Morgan fingerprint density at radius 3 is 2.50 bits per heavy atom. The van der Waals surface area contributed by atoms with Crippen LogP contribution in [0, 0.1) is 0 Å². The van der Waals surface area contributed by atoms with Crippen molar-refractivity contribution in [3.8, 4) is 0 Å². The Labute approximate surface area is 123 Å². The molecule has 0 aliphatic rings. The summed E-state index contributed by atoms with van der Waals surface area (Å²) in [5.41, 5.74) is 5.74. The summed E-state index contributed by atoms with van der Waals surface area (Å²) in [6.07, 6.45) is 1.12. The molecular formula is C11H20N4O3S2. The lowest BCUT2D eigenvalue weighted by Gasteiger charge is -2.16. The van der Waals surface area contributed by atoms with E-state index in [-0.39, 0.29) is 24.0 Å². The number of amides is 1. The molecule has 0 radical (unpaired) electrons. The van der Waals surface area contributed by atoms with Gasteiger partial charge in [0.25, 0.3) is 5.91 Å². The zero-order valence-corrected chi connectivity index (χ0v) is 13.5. The summed E-state index contributed by atoms with van der Waals surface area (Å²) in [6.45, 7) is 5.60. The van der Waals surface area contributed by atoms with E-state index in [9.17, 15) is 13.2 Å². The zero-order chi connectivity index (χ0) is 15.3. The summed E-state index contributed by atoms with van der Waals surface area (Å²) in [4.78, 5) is 18.4. The van der Waals surface area contributed by atoms with Gasteiger partial charge in [0.1, 0.15) is 20.5 Å². The number of nitrogens with one attached hydrogen (secondary N) is 1. The van der Waals surface area contributed by atoms with Crippen molar-refractivity contribution in [1.29, 1.82) is 0 Å². The maximum Gasteiger partial charge on any atom is 0.265 e. The Hall–Kier alpha value is -1.35. The van der Waals surface area contributed by atoms with Crippen molar-refractivity contribution in [1.82, 2.24) is 10.3 Å². The van der Waals surface area contributed by atoms with E-state index >= 15 is 0 Å². The largest absolute Gasteiger partial charge is 0.382 e. The topological polar surface area (TPSA) is 105 Å². The minimum absolute atomic E-state index is 0.0651. The Bertz CT molecular complexity index is 564. The molecule has 114 valence electrons. The highest BCUT2D eigenvalue weighted by atomic mass is 32.2. The summed E-state index contributed by atoms with van der Waals surface area (Å²) in [6, 6.07) is 0. The average Bonchev–Trinajstić information content (AvgIpc) is 2.71. The number of nitrogen functional groups attached to an aromatic ring is 1. The standard InChI is InChI=1S/C11H20N4O3S2/c1-4-15(5-2)11-14-9(12)8(19-11)10(16)13-6-7-20(3,17)18/h4-7,12H2,1-3H3,(H,13,16). The second kappa shape index (κ2) is 6.89. The fraction of sp³-hybridized carbons (Fsp3) is 0.636. The number of aromatic nitrogens is 1.